The van der Waals surface area contributed by atoms with Crippen LogP contribution in [0.15, 0.2) is 157 Å². The van der Waals surface area contributed by atoms with Gasteiger partial charge in [0.2, 0.25) is 5.78 Å². The SMILES string of the molecule is COC(=O)[C@H]1C[C@@H](S(=O)(=O)c2ccccc2)C(c2ccccc2)(c2ccccc2)N1c1nc(-c2ccccc2)c(C(=O)c2ccccc2)s1. The maximum Gasteiger partial charge on any atom is 0.328 e. The fourth-order valence-corrected chi connectivity index (χ4v) is 10.2. The summed E-state index contributed by atoms with van der Waals surface area (Å²) in [6.07, 6.45) is -0.0874. The molecule has 0 bridgehead atoms. The van der Waals surface area contributed by atoms with E-state index in [4.69, 9.17) is 9.72 Å². The molecule has 0 N–H and O–H groups in total. The van der Waals surface area contributed by atoms with E-state index < -0.39 is 32.6 Å². The minimum atomic E-state index is -4.11. The molecule has 244 valence electrons. The van der Waals surface area contributed by atoms with E-state index in [1.165, 1.54) is 7.11 Å². The Hall–Kier alpha value is -5.38. The van der Waals surface area contributed by atoms with Crippen LogP contribution in [-0.2, 0) is 24.9 Å². The number of nitrogens with zero attached hydrogens (tertiary/aromatic N) is 2. The molecular weight excluding hydrogens is 653 g/mol. The Morgan fingerprint density at radius 1 is 0.735 bits per heavy atom. The Bertz CT molecular complexity index is 2150. The van der Waals surface area contributed by atoms with Crippen LogP contribution in [0, 0.1) is 0 Å². The average Bonchev–Trinajstić information content (AvgIpc) is 3.77. The highest BCUT2D eigenvalue weighted by Crippen LogP contribution is 2.55. The summed E-state index contributed by atoms with van der Waals surface area (Å²) in [6.45, 7) is 0. The van der Waals surface area contributed by atoms with Gasteiger partial charge in [0.05, 0.1) is 17.7 Å². The summed E-state index contributed by atoms with van der Waals surface area (Å²) in [7, 11) is -2.81. The van der Waals surface area contributed by atoms with E-state index in [0.717, 1.165) is 16.9 Å². The smallest absolute Gasteiger partial charge is 0.328 e. The predicted molar refractivity (Wildman–Crippen MR) is 191 cm³/mol. The molecule has 9 heteroatoms. The molecule has 5 aromatic carbocycles. The summed E-state index contributed by atoms with van der Waals surface area (Å²) in [5.41, 5.74) is 1.50. The van der Waals surface area contributed by atoms with Crippen LogP contribution in [-0.4, -0.2) is 43.6 Å². The van der Waals surface area contributed by atoms with Gasteiger partial charge in [0.15, 0.2) is 15.0 Å². The number of ether oxygens (including phenoxy) is 1. The highest BCUT2D eigenvalue weighted by atomic mass is 32.2. The second kappa shape index (κ2) is 13.3. The number of esters is 1. The molecule has 0 aliphatic carbocycles. The van der Waals surface area contributed by atoms with Crippen molar-refractivity contribution in [2.45, 2.75) is 28.1 Å². The summed E-state index contributed by atoms with van der Waals surface area (Å²) >= 11 is 1.15. The molecule has 0 unspecified atom stereocenters. The zero-order valence-electron chi connectivity index (χ0n) is 26.5. The summed E-state index contributed by atoms with van der Waals surface area (Å²) in [6, 6.07) is 44.3. The minimum Gasteiger partial charge on any atom is -0.467 e. The van der Waals surface area contributed by atoms with Crippen LogP contribution < -0.4 is 4.90 Å². The lowest BCUT2D eigenvalue weighted by Gasteiger charge is -2.44. The van der Waals surface area contributed by atoms with Gasteiger partial charge in [-0.1, -0.05) is 151 Å². The number of anilines is 1. The highest BCUT2D eigenvalue weighted by molar-refractivity contribution is 7.92. The Kier molecular flexibility index (Phi) is 8.71. The van der Waals surface area contributed by atoms with Crippen molar-refractivity contribution < 1.29 is 22.7 Å². The van der Waals surface area contributed by atoms with Crippen LogP contribution in [0.5, 0.6) is 0 Å². The van der Waals surface area contributed by atoms with Crippen molar-refractivity contribution in [2.75, 3.05) is 12.0 Å². The molecule has 1 aliphatic rings. The van der Waals surface area contributed by atoms with Gasteiger partial charge in [-0.3, -0.25) is 4.79 Å². The first-order valence-corrected chi connectivity index (χ1v) is 18.2. The van der Waals surface area contributed by atoms with Crippen molar-refractivity contribution in [3.63, 3.8) is 0 Å². The Morgan fingerprint density at radius 2 is 1.22 bits per heavy atom. The monoisotopic (exact) mass is 684 g/mol. The van der Waals surface area contributed by atoms with E-state index in [2.05, 4.69) is 0 Å². The zero-order chi connectivity index (χ0) is 34.0. The van der Waals surface area contributed by atoms with Gasteiger partial charge in [0.1, 0.15) is 21.7 Å². The van der Waals surface area contributed by atoms with Gasteiger partial charge in [-0.05, 0) is 29.7 Å². The number of carbonyl (C=O) groups is 2. The molecule has 6 aromatic rings. The maximum absolute atomic E-state index is 15.0. The van der Waals surface area contributed by atoms with Crippen molar-refractivity contribution in [1.82, 2.24) is 4.98 Å². The summed E-state index contributed by atoms with van der Waals surface area (Å²) in [5, 5.41) is -0.833. The first-order chi connectivity index (χ1) is 23.9. The third-order valence-electron chi connectivity index (χ3n) is 9.05. The molecule has 7 nitrogen and oxygen atoms in total. The number of hydrogen-bond acceptors (Lipinski definition) is 8. The van der Waals surface area contributed by atoms with E-state index in [9.17, 15) is 18.0 Å². The lowest BCUT2D eigenvalue weighted by molar-refractivity contribution is -0.142. The topological polar surface area (TPSA) is 93.6 Å². The molecule has 0 amide bonds. The Balaban J connectivity index is 1.57. The van der Waals surface area contributed by atoms with Crippen molar-refractivity contribution in [2.24, 2.45) is 0 Å². The number of aromatic nitrogens is 1. The number of thiazole rings is 1. The largest absolute Gasteiger partial charge is 0.467 e. The van der Waals surface area contributed by atoms with Crippen molar-refractivity contribution >= 4 is 38.1 Å². The standard InChI is InChI=1S/C40H32N2O5S2/c1-47-38(44)33-27-34(49(45,46)32-25-15-6-16-26-32)40(30-21-11-4-12-22-30,31-23-13-5-14-24-31)42(33)39-41-35(28-17-7-2-8-18-28)37(48-39)36(43)29-19-9-3-10-20-29/h2-26,33-34H,27H2,1H3/t33-,34-/m1/s1. The third-order valence-corrected chi connectivity index (χ3v) is 12.3. The Labute approximate surface area is 289 Å². The van der Waals surface area contributed by atoms with Gasteiger partial charge in [-0.2, -0.15) is 0 Å². The van der Waals surface area contributed by atoms with Crippen LogP contribution in [0.3, 0.4) is 0 Å². The summed E-state index contributed by atoms with van der Waals surface area (Å²) < 4.78 is 35.3. The number of ketones is 1. The predicted octanol–water partition coefficient (Wildman–Crippen LogP) is 7.58. The number of methoxy groups -OCH3 is 1. The number of benzene rings is 5. The Morgan fingerprint density at radius 3 is 1.76 bits per heavy atom. The van der Waals surface area contributed by atoms with Gasteiger partial charge in [-0.25, -0.2) is 18.2 Å². The molecule has 2 atom stereocenters. The van der Waals surface area contributed by atoms with Crippen LogP contribution in [0.25, 0.3) is 11.3 Å². The number of sulfone groups is 1. The first-order valence-electron chi connectivity index (χ1n) is 15.8. The summed E-state index contributed by atoms with van der Waals surface area (Å²) in [4.78, 5) is 35.6. The van der Waals surface area contributed by atoms with Crippen molar-refractivity contribution in [3.05, 3.63) is 173 Å². The molecule has 7 rings (SSSR count). The van der Waals surface area contributed by atoms with Gasteiger partial charge in [0, 0.05) is 11.1 Å². The fourth-order valence-electron chi connectivity index (χ4n) is 6.91. The normalized spacial score (nSPS) is 17.0. The number of hydrogen-bond donors (Lipinski definition) is 0. The zero-order valence-corrected chi connectivity index (χ0v) is 28.2. The highest BCUT2D eigenvalue weighted by Gasteiger charge is 2.63. The van der Waals surface area contributed by atoms with Gasteiger partial charge in [0.25, 0.3) is 0 Å². The molecule has 0 radical (unpaired) electrons. The molecule has 49 heavy (non-hydrogen) atoms. The van der Waals surface area contributed by atoms with Gasteiger partial charge >= 0.3 is 5.97 Å². The molecule has 1 saturated heterocycles. The van der Waals surface area contributed by atoms with E-state index in [1.807, 2.05) is 97.1 Å². The molecule has 0 saturated carbocycles. The second-order valence-electron chi connectivity index (χ2n) is 11.7. The number of rotatable bonds is 9. The number of carbonyl (C=O) groups excluding carboxylic acids is 2. The molecule has 1 aliphatic heterocycles. The molecule has 1 aromatic heterocycles. The van der Waals surface area contributed by atoms with E-state index in [1.54, 1.807) is 59.5 Å². The average molecular weight is 685 g/mol. The minimum absolute atomic E-state index is 0.0874. The molecule has 0 spiro atoms. The van der Waals surface area contributed by atoms with Crippen LogP contribution in [0.2, 0.25) is 0 Å². The van der Waals surface area contributed by atoms with E-state index in [-0.39, 0.29) is 17.1 Å². The van der Waals surface area contributed by atoms with Crippen molar-refractivity contribution in [1.29, 1.82) is 0 Å². The lowest BCUT2D eigenvalue weighted by Crippen LogP contribution is -2.54. The summed E-state index contributed by atoms with van der Waals surface area (Å²) in [5.74, 6) is -0.829. The lowest BCUT2D eigenvalue weighted by atomic mass is 9.80. The van der Waals surface area contributed by atoms with Crippen LogP contribution in [0.4, 0.5) is 5.13 Å². The van der Waals surface area contributed by atoms with Gasteiger partial charge < -0.3 is 9.64 Å². The molecule has 1 fully saturated rings. The molecule has 2 heterocycles. The third kappa shape index (κ3) is 5.54. The van der Waals surface area contributed by atoms with E-state index >= 15 is 0 Å². The second-order valence-corrected chi connectivity index (χ2v) is 14.8. The van der Waals surface area contributed by atoms with Crippen LogP contribution in [0.1, 0.15) is 32.8 Å². The van der Waals surface area contributed by atoms with Crippen molar-refractivity contribution in [3.8, 4) is 11.3 Å². The van der Waals surface area contributed by atoms with Gasteiger partial charge in [-0.15, -0.1) is 0 Å². The quantitative estimate of drug-likeness (QED) is 0.115. The first kappa shape index (κ1) is 32.2. The molecular formula is C40H32N2O5S2. The fraction of sp³-hybridized carbons (Fsp3) is 0.125. The maximum atomic E-state index is 15.0. The van der Waals surface area contributed by atoms with E-state index in [0.29, 0.717) is 32.4 Å². The van der Waals surface area contributed by atoms with Crippen LogP contribution >= 0.6 is 11.3 Å².